The van der Waals surface area contributed by atoms with E-state index < -0.39 is 23.1 Å². The molecule has 1 aromatic carbocycles. The average Bonchev–Trinajstić information content (AvgIpc) is 3.36. The molecule has 5 heterocycles. The van der Waals surface area contributed by atoms with Gasteiger partial charge in [0.25, 0.3) is 5.91 Å². The van der Waals surface area contributed by atoms with E-state index in [2.05, 4.69) is 10.6 Å². The number of hydrogen-bond donors (Lipinski definition) is 2. The van der Waals surface area contributed by atoms with Crippen molar-refractivity contribution >= 4 is 23.4 Å². The Kier molecular flexibility index (Phi) is 3.50. The lowest BCUT2D eigenvalue weighted by Crippen LogP contribution is -2.63. The number of anilines is 1. The number of amides is 3. The largest absolute Gasteiger partial charge is 0.362 e. The van der Waals surface area contributed by atoms with E-state index in [-0.39, 0.29) is 23.8 Å². The summed E-state index contributed by atoms with van der Waals surface area (Å²) in [4.78, 5) is 42.3. The number of benzene rings is 1. The summed E-state index contributed by atoms with van der Waals surface area (Å²) in [5.74, 6) is -1.00. The SMILES string of the molecule is CN1C[C@@]23C=C[C@@H](O2)[C@H](C(=O)N2CCC4(CC2)NC(=O)c2ccccc2N4)[C@H]3C1=O. The summed E-state index contributed by atoms with van der Waals surface area (Å²) in [6.07, 6.45) is 4.80. The molecule has 5 aliphatic rings. The number of likely N-dealkylation sites (tertiary alicyclic amines) is 2. The molecule has 8 nitrogen and oxygen atoms in total. The molecule has 4 atom stereocenters. The predicted molar refractivity (Wildman–Crippen MR) is 107 cm³/mol. The molecule has 0 aliphatic carbocycles. The van der Waals surface area contributed by atoms with Crippen LogP contribution in [0.4, 0.5) is 5.69 Å². The molecule has 0 unspecified atom stereocenters. The van der Waals surface area contributed by atoms with Crippen LogP contribution in [0.3, 0.4) is 0 Å². The van der Waals surface area contributed by atoms with Crippen molar-refractivity contribution in [3.8, 4) is 0 Å². The summed E-state index contributed by atoms with van der Waals surface area (Å²) < 4.78 is 6.12. The van der Waals surface area contributed by atoms with Gasteiger partial charge in [-0.2, -0.15) is 0 Å². The second-order valence-corrected chi connectivity index (χ2v) is 9.13. The van der Waals surface area contributed by atoms with Gasteiger partial charge in [0.1, 0.15) is 11.3 Å². The molecule has 6 rings (SSSR count). The first kappa shape index (κ1) is 17.9. The molecule has 30 heavy (non-hydrogen) atoms. The van der Waals surface area contributed by atoms with Crippen LogP contribution >= 0.6 is 0 Å². The summed E-state index contributed by atoms with van der Waals surface area (Å²) in [6, 6.07) is 7.47. The highest BCUT2D eigenvalue weighted by Gasteiger charge is 2.66. The summed E-state index contributed by atoms with van der Waals surface area (Å²) in [5, 5.41) is 6.59. The number of fused-ring (bicyclic) bond motifs is 2. The number of nitrogens with zero attached hydrogens (tertiary/aromatic N) is 2. The van der Waals surface area contributed by atoms with Crippen molar-refractivity contribution < 1.29 is 19.1 Å². The van der Waals surface area contributed by atoms with E-state index in [0.29, 0.717) is 38.0 Å². The molecular weight excluding hydrogens is 384 g/mol. The highest BCUT2D eigenvalue weighted by atomic mass is 16.5. The minimum atomic E-state index is -0.642. The van der Waals surface area contributed by atoms with Crippen LogP contribution in [0, 0.1) is 11.8 Å². The van der Waals surface area contributed by atoms with E-state index in [1.165, 1.54) is 0 Å². The zero-order chi connectivity index (χ0) is 20.7. The molecule has 2 bridgehead atoms. The summed E-state index contributed by atoms with van der Waals surface area (Å²) in [7, 11) is 1.77. The van der Waals surface area contributed by atoms with Gasteiger partial charge >= 0.3 is 0 Å². The molecule has 8 heteroatoms. The van der Waals surface area contributed by atoms with Gasteiger partial charge in [0.05, 0.1) is 30.0 Å². The number of carbonyl (C=O) groups excluding carboxylic acids is 3. The van der Waals surface area contributed by atoms with Crippen LogP contribution in [0.15, 0.2) is 36.4 Å². The van der Waals surface area contributed by atoms with E-state index in [1.807, 2.05) is 35.3 Å². The summed E-state index contributed by atoms with van der Waals surface area (Å²) >= 11 is 0. The molecule has 156 valence electrons. The van der Waals surface area contributed by atoms with E-state index in [1.54, 1.807) is 18.0 Å². The van der Waals surface area contributed by atoms with Crippen molar-refractivity contribution in [3.63, 3.8) is 0 Å². The Morgan fingerprint density at radius 3 is 2.73 bits per heavy atom. The average molecular weight is 408 g/mol. The maximum atomic E-state index is 13.4. The molecule has 1 aromatic rings. The molecule has 3 amide bonds. The topological polar surface area (TPSA) is 91.0 Å². The molecule has 0 radical (unpaired) electrons. The summed E-state index contributed by atoms with van der Waals surface area (Å²) in [5.41, 5.74) is 0.282. The van der Waals surface area contributed by atoms with E-state index in [4.69, 9.17) is 4.74 Å². The Morgan fingerprint density at radius 2 is 1.93 bits per heavy atom. The van der Waals surface area contributed by atoms with Crippen molar-refractivity contribution in [2.75, 3.05) is 32.0 Å². The monoisotopic (exact) mass is 408 g/mol. The normalized spacial score (nSPS) is 35.3. The van der Waals surface area contributed by atoms with Crippen molar-refractivity contribution in [3.05, 3.63) is 42.0 Å². The van der Waals surface area contributed by atoms with Gasteiger partial charge in [0.2, 0.25) is 11.8 Å². The van der Waals surface area contributed by atoms with Gasteiger partial charge in [-0.05, 0) is 12.1 Å². The van der Waals surface area contributed by atoms with Crippen LogP contribution in [-0.2, 0) is 14.3 Å². The quantitative estimate of drug-likeness (QED) is 0.663. The van der Waals surface area contributed by atoms with Gasteiger partial charge in [0, 0.05) is 38.7 Å². The maximum Gasteiger partial charge on any atom is 0.255 e. The molecule has 2 spiro atoms. The molecule has 0 aromatic heterocycles. The zero-order valence-electron chi connectivity index (χ0n) is 16.8. The van der Waals surface area contributed by atoms with Gasteiger partial charge in [-0.1, -0.05) is 24.3 Å². The van der Waals surface area contributed by atoms with Crippen molar-refractivity contribution in [2.24, 2.45) is 11.8 Å². The number of rotatable bonds is 1. The zero-order valence-corrected chi connectivity index (χ0v) is 16.8. The Morgan fingerprint density at radius 1 is 1.17 bits per heavy atom. The van der Waals surface area contributed by atoms with Crippen molar-refractivity contribution in [1.29, 1.82) is 0 Å². The van der Waals surface area contributed by atoms with Crippen LogP contribution in [0.1, 0.15) is 23.2 Å². The number of likely N-dealkylation sites (N-methyl/N-ethyl adjacent to an activating group) is 1. The lowest BCUT2D eigenvalue weighted by molar-refractivity contribution is -0.144. The first-order chi connectivity index (χ1) is 14.4. The number of carbonyl (C=O) groups is 3. The molecule has 0 saturated carbocycles. The first-order valence-corrected chi connectivity index (χ1v) is 10.5. The number of hydrogen-bond acceptors (Lipinski definition) is 5. The van der Waals surface area contributed by atoms with Gasteiger partial charge in [-0.3, -0.25) is 14.4 Å². The highest BCUT2D eigenvalue weighted by Crippen LogP contribution is 2.52. The fourth-order valence-electron chi connectivity index (χ4n) is 5.91. The Bertz CT molecular complexity index is 999. The molecule has 5 aliphatic heterocycles. The molecular formula is C22H24N4O4. The van der Waals surface area contributed by atoms with E-state index >= 15 is 0 Å². The molecule has 3 saturated heterocycles. The Labute approximate surface area is 174 Å². The number of nitrogens with one attached hydrogen (secondary N) is 2. The lowest BCUT2D eigenvalue weighted by atomic mass is 9.76. The van der Waals surface area contributed by atoms with Crippen LogP contribution in [0.2, 0.25) is 0 Å². The van der Waals surface area contributed by atoms with Crippen LogP contribution < -0.4 is 10.6 Å². The smallest absolute Gasteiger partial charge is 0.255 e. The number of piperidine rings is 1. The first-order valence-electron chi connectivity index (χ1n) is 10.5. The van der Waals surface area contributed by atoms with Crippen molar-refractivity contribution in [2.45, 2.75) is 30.2 Å². The standard InChI is InChI=1S/C22H24N4O4/c1-25-12-21-7-6-15(30-21)16(17(21)20(25)29)19(28)26-10-8-22(9-11-26)23-14-5-3-2-4-13(14)18(27)24-22/h2-7,15-17,23H,8-12H2,1H3,(H,24,27)/t15-,16+,17+,21-/m1/s1. The lowest BCUT2D eigenvalue weighted by Gasteiger charge is -2.46. The van der Waals surface area contributed by atoms with Gasteiger partial charge in [0.15, 0.2) is 0 Å². The summed E-state index contributed by atoms with van der Waals surface area (Å²) in [6.45, 7) is 1.54. The van der Waals surface area contributed by atoms with Gasteiger partial charge in [-0.15, -0.1) is 0 Å². The minimum absolute atomic E-state index is 0.00787. The third-order valence-electron chi connectivity index (χ3n) is 7.40. The second kappa shape index (κ2) is 5.85. The number of para-hydroxylation sites is 1. The predicted octanol–water partition coefficient (Wildman–Crippen LogP) is 0.572. The van der Waals surface area contributed by atoms with E-state index in [9.17, 15) is 14.4 Å². The Hall–Kier alpha value is -2.87. The van der Waals surface area contributed by atoms with Crippen LogP contribution in [0.5, 0.6) is 0 Å². The molecule has 3 fully saturated rings. The fraction of sp³-hybridized carbons (Fsp3) is 0.500. The number of ether oxygens (including phenoxy) is 1. The van der Waals surface area contributed by atoms with E-state index in [0.717, 1.165) is 5.69 Å². The second-order valence-electron chi connectivity index (χ2n) is 9.13. The minimum Gasteiger partial charge on any atom is -0.362 e. The fourth-order valence-corrected chi connectivity index (χ4v) is 5.91. The van der Waals surface area contributed by atoms with Gasteiger partial charge in [-0.25, -0.2) is 0 Å². The van der Waals surface area contributed by atoms with Crippen LogP contribution in [-0.4, -0.2) is 71.6 Å². The maximum absolute atomic E-state index is 13.4. The highest BCUT2D eigenvalue weighted by molar-refractivity contribution is 6.02. The van der Waals surface area contributed by atoms with Gasteiger partial charge < -0.3 is 25.2 Å². The third kappa shape index (κ3) is 2.28. The third-order valence-corrected chi connectivity index (χ3v) is 7.40. The van der Waals surface area contributed by atoms with Crippen LogP contribution in [0.25, 0.3) is 0 Å². The van der Waals surface area contributed by atoms with Crippen molar-refractivity contribution in [1.82, 2.24) is 15.1 Å². The molecule has 2 N–H and O–H groups in total. The Balaban J connectivity index is 1.19.